The van der Waals surface area contributed by atoms with Gasteiger partial charge in [-0.25, -0.2) is 0 Å². The summed E-state index contributed by atoms with van der Waals surface area (Å²) in [7, 11) is 1.70. The lowest BCUT2D eigenvalue weighted by molar-refractivity contribution is 0.125. The Morgan fingerprint density at radius 2 is 2.10 bits per heavy atom. The number of benzene rings is 1. The number of aliphatic hydroxyl groups is 1. The van der Waals surface area contributed by atoms with Gasteiger partial charge in [0.25, 0.3) is 0 Å². The molecule has 0 heterocycles. The number of aliphatic hydroxyl groups excluding tert-OH is 1. The van der Waals surface area contributed by atoms with E-state index in [0.29, 0.717) is 12.6 Å². The van der Waals surface area contributed by atoms with Crippen molar-refractivity contribution in [1.29, 1.82) is 0 Å². The number of methoxy groups -OCH3 is 1. The van der Waals surface area contributed by atoms with Crippen molar-refractivity contribution in [3.8, 4) is 5.75 Å². The van der Waals surface area contributed by atoms with E-state index in [-0.39, 0.29) is 5.41 Å². The molecule has 2 N–H and O–H groups in total. The second-order valence-electron chi connectivity index (χ2n) is 6.20. The highest BCUT2D eigenvalue weighted by Gasteiger charge is 2.33. The largest absolute Gasteiger partial charge is 0.497 e. The summed E-state index contributed by atoms with van der Waals surface area (Å²) < 4.78 is 5.26. The Balaban J connectivity index is 1.84. The summed E-state index contributed by atoms with van der Waals surface area (Å²) in [6.07, 6.45) is 5.81. The normalized spacial score (nSPS) is 18.9. The second-order valence-corrected chi connectivity index (χ2v) is 6.20. The van der Waals surface area contributed by atoms with Crippen LogP contribution in [0.25, 0.3) is 0 Å². The molecule has 0 bridgehead atoms. The van der Waals surface area contributed by atoms with Crippen LogP contribution in [0.4, 0.5) is 0 Å². The lowest BCUT2D eigenvalue weighted by Gasteiger charge is -2.28. The van der Waals surface area contributed by atoms with E-state index in [2.05, 4.69) is 24.4 Å². The van der Waals surface area contributed by atoms with Crippen LogP contribution in [0.5, 0.6) is 5.75 Å². The Hall–Kier alpha value is -1.06. The minimum atomic E-state index is 0.128. The number of hydrogen-bond acceptors (Lipinski definition) is 3. The molecule has 0 aliphatic heterocycles. The predicted octanol–water partition coefficient (Wildman–Crippen LogP) is 2.77. The van der Waals surface area contributed by atoms with Crippen molar-refractivity contribution < 1.29 is 9.84 Å². The van der Waals surface area contributed by atoms with Crippen LogP contribution < -0.4 is 10.1 Å². The number of nitrogens with one attached hydrogen (secondary N) is 1. The van der Waals surface area contributed by atoms with Gasteiger partial charge >= 0.3 is 0 Å². The summed E-state index contributed by atoms with van der Waals surface area (Å²) in [5.41, 5.74) is 1.41. The van der Waals surface area contributed by atoms with E-state index in [9.17, 15) is 5.11 Å². The van der Waals surface area contributed by atoms with Crippen molar-refractivity contribution in [2.45, 2.75) is 45.1 Å². The van der Waals surface area contributed by atoms with Gasteiger partial charge in [0.15, 0.2) is 0 Å². The summed E-state index contributed by atoms with van der Waals surface area (Å²) >= 11 is 0. The fourth-order valence-electron chi connectivity index (χ4n) is 3.13. The van der Waals surface area contributed by atoms with E-state index in [1.807, 2.05) is 12.1 Å². The first kappa shape index (κ1) is 15.3. The molecule has 2 rings (SSSR count). The van der Waals surface area contributed by atoms with E-state index < -0.39 is 0 Å². The maximum atomic E-state index is 9.63. The van der Waals surface area contributed by atoms with Crippen molar-refractivity contribution >= 4 is 0 Å². The molecule has 1 aromatic carbocycles. The Morgan fingerprint density at radius 1 is 1.35 bits per heavy atom. The first-order chi connectivity index (χ1) is 9.67. The van der Waals surface area contributed by atoms with Crippen molar-refractivity contribution in [1.82, 2.24) is 5.32 Å². The lowest BCUT2D eigenvalue weighted by atomic mass is 9.87. The molecule has 0 radical (unpaired) electrons. The summed E-state index contributed by atoms with van der Waals surface area (Å²) in [6.45, 7) is 3.44. The quantitative estimate of drug-likeness (QED) is 0.805. The molecule has 1 fully saturated rings. The fraction of sp³-hybridized carbons (Fsp3) is 0.647. The molecule has 112 valence electrons. The number of hydrogen-bond donors (Lipinski definition) is 2. The van der Waals surface area contributed by atoms with Crippen LogP contribution in [0.2, 0.25) is 0 Å². The standard InChI is InChI=1S/C17H27NO2/c1-14(10-15-6-5-7-16(11-15)20-2)18-12-17(13-19)8-3-4-9-17/h5-7,11,14,18-19H,3-4,8-10,12-13H2,1-2H3/t14-/m1/s1. The summed E-state index contributed by atoms with van der Waals surface area (Å²) in [5.74, 6) is 0.914. The molecule has 1 saturated carbocycles. The molecule has 0 spiro atoms. The van der Waals surface area contributed by atoms with Gasteiger partial charge in [-0.3, -0.25) is 0 Å². The van der Waals surface area contributed by atoms with E-state index in [1.165, 1.54) is 18.4 Å². The van der Waals surface area contributed by atoms with Gasteiger partial charge in [0.1, 0.15) is 5.75 Å². The Labute approximate surface area is 122 Å². The molecule has 1 aromatic rings. The zero-order valence-corrected chi connectivity index (χ0v) is 12.7. The predicted molar refractivity (Wildman–Crippen MR) is 82.1 cm³/mol. The van der Waals surface area contributed by atoms with Gasteiger partial charge in [-0.05, 0) is 43.9 Å². The van der Waals surface area contributed by atoms with Crippen molar-refractivity contribution in [2.75, 3.05) is 20.3 Å². The maximum Gasteiger partial charge on any atom is 0.119 e. The smallest absolute Gasteiger partial charge is 0.119 e. The van der Waals surface area contributed by atoms with Crippen LogP contribution in [0.1, 0.15) is 38.2 Å². The molecule has 20 heavy (non-hydrogen) atoms. The first-order valence-corrected chi connectivity index (χ1v) is 7.65. The van der Waals surface area contributed by atoms with Gasteiger partial charge in [-0.15, -0.1) is 0 Å². The van der Waals surface area contributed by atoms with E-state index in [4.69, 9.17) is 4.74 Å². The highest BCUT2D eigenvalue weighted by atomic mass is 16.5. The monoisotopic (exact) mass is 277 g/mol. The molecule has 1 aliphatic rings. The molecule has 0 aromatic heterocycles. The van der Waals surface area contributed by atoms with Crippen LogP contribution in [0.3, 0.4) is 0 Å². The van der Waals surface area contributed by atoms with Crippen molar-refractivity contribution in [2.24, 2.45) is 5.41 Å². The molecule has 1 atom stereocenters. The molecule has 3 heteroatoms. The zero-order valence-electron chi connectivity index (χ0n) is 12.7. The maximum absolute atomic E-state index is 9.63. The van der Waals surface area contributed by atoms with Crippen LogP contribution in [0.15, 0.2) is 24.3 Å². The van der Waals surface area contributed by atoms with E-state index in [0.717, 1.165) is 31.6 Å². The Kier molecular flexibility index (Phi) is 5.44. The Morgan fingerprint density at radius 3 is 2.75 bits per heavy atom. The van der Waals surface area contributed by atoms with Gasteiger partial charge in [-0.2, -0.15) is 0 Å². The minimum Gasteiger partial charge on any atom is -0.497 e. The van der Waals surface area contributed by atoms with Gasteiger partial charge in [0, 0.05) is 24.6 Å². The van der Waals surface area contributed by atoms with Crippen LogP contribution in [-0.4, -0.2) is 31.4 Å². The third kappa shape index (κ3) is 3.97. The first-order valence-electron chi connectivity index (χ1n) is 7.65. The average Bonchev–Trinajstić information content (AvgIpc) is 2.95. The van der Waals surface area contributed by atoms with E-state index >= 15 is 0 Å². The van der Waals surface area contributed by atoms with Crippen LogP contribution in [0, 0.1) is 5.41 Å². The number of rotatable bonds is 7. The van der Waals surface area contributed by atoms with Gasteiger partial charge < -0.3 is 15.2 Å². The SMILES string of the molecule is COc1cccc(C[C@@H](C)NCC2(CO)CCCC2)c1. The van der Waals surface area contributed by atoms with Crippen molar-refractivity contribution in [3.05, 3.63) is 29.8 Å². The molecular formula is C17H27NO2. The molecule has 0 amide bonds. The summed E-state index contributed by atoms with van der Waals surface area (Å²) in [4.78, 5) is 0. The van der Waals surface area contributed by atoms with Crippen molar-refractivity contribution in [3.63, 3.8) is 0 Å². The third-order valence-corrected chi connectivity index (χ3v) is 4.50. The molecule has 0 unspecified atom stereocenters. The summed E-state index contributed by atoms with van der Waals surface area (Å²) in [6, 6.07) is 8.65. The fourth-order valence-corrected chi connectivity index (χ4v) is 3.13. The van der Waals surface area contributed by atoms with Crippen LogP contribution >= 0.6 is 0 Å². The molecular weight excluding hydrogens is 250 g/mol. The lowest BCUT2D eigenvalue weighted by Crippen LogP contribution is -2.40. The number of ether oxygens (including phenoxy) is 1. The highest BCUT2D eigenvalue weighted by Crippen LogP contribution is 2.37. The van der Waals surface area contributed by atoms with Gasteiger partial charge in [-0.1, -0.05) is 25.0 Å². The topological polar surface area (TPSA) is 41.5 Å². The van der Waals surface area contributed by atoms with Gasteiger partial charge in [0.05, 0.1) is 7.11 Å². The zero-order chi connectivity index (χ0) is 14.4. The van der Waals surface area contributed by atoms with Crippen LogP contribution in [-0.2, 0) is 6.42 Å². The minimum absolute atomic E-state index is 0.128. The average molecular weight is 277 g/mol. The second kappa shape index (κ2) is 7.09. The Bertz CT molecular complexity index is 413. The third-order valence-electron chi connectivity index (χ3n) is 4.50. The molecule has 3 nitrogen and oxygen atoms in total. The highest BCUT2D eigenvalue weighted by molar-refractivity contribution is 5.28. The molecule has 0 saturated heterocycles. The summed E-state index contributed by atoms with van der Waals surface area (Å²) in [5, 5.41) is 13.2. The molecule has 1 aliphatic carbocycles. The van der Waals surface area contributed by atoms with Gasteiger partial charge in [0.2, 0.25) is 0 Å². The van der Waals surface area contributed by atoms with E-state index in [1.54, 1.807) is 7.11 Å².